The minimum absolute atomic E-state index is 0.218. The fourth-order valence-corrected chi connectivity index (χ4v) is 2.66. The van der Waals surface area contributed by atoms with Crippen molar-refractivity contribution in [2.45, 2.75) is 44.9 Å². The SMILES string of the molecule is CC(=O)C(=CC(=O)OC1CCCC1)c1ccccc1C(F)(F)F. The summed E-state index contributed by atoms with van der Waals surface area (Å²) in [5.74, 6) is -1.40. The van der Waals surface area contributed by atoms with Crippen molar-refractivity contribution < 1.29 is 27.5 Å². The van der Waals surface area contributed by atoms with Gasteiger partial charge in [0.25, 0.3) is 0 Å². The first-order valence-corrected chi connectivity index (χ1v) is 7.39. The van der Waals surface area contributed by atoms with Crippen LogP contribution >= 0.6 is 0 Å². The molecule has 23 heavy (non-hydrogen) atoms. The van der Waals surface area contributed by atoms with E-state index >= 15 is 0 Å². The summed E-state index contributed by atoms with van der Waals surface area (Å²) >= 11 is 0. The first-order chi connectivity index (χ1) is 10.8. The van der Waals surface area contributed by atoms with Gasteiger partial charge in [0.2, 0.25) is 0 Å². The van der Waals surface area contributed by atoms with Gasteiger partial charge in [-0.15, -0.1) is 0 Å². The molecule has 6 heteroatoms. The van der Waals surface area contributed by atoms with E-state index in [1.807, 2.05) is 0 Å². The van der Waals surface area contributed by atoms with Crippen molar-refractivity contribution in [3.63, 3.8) is 0 Å². The molecule has 0 aliphatic heterocycles. The molecule has 0 unspecified atom stereocenters. The van der Waals surface area contributed by atoms with Crippen LogP contribution in [0.25, 0.3) is 5.57 Å². The van der Waals surface area contributed by atoms with E-state index in [1.165, 1.54) is 18.2 Å². The molecule has 1 saturated carbocycles. The van der Waals surface area contributed by atoms with Gasteiger partial charge >= 0.3 is 12.1 Å². The van der Waals surface area contributed by atoms with Crippen LogP contribution in [0.3, 0.4) is 0 Å². The number of allylic oxidation sites excluding steroid dienone is 1. The lowest BCUT2D eigenvalue weighted by atomic mass is 9.96. The lowest BCUT2D eigenvalue weighted by molar-refractivity contribution is -0.143. The van der Waals surface area contributed by atoms with Crippen LogP contribution in [0, 0.1) is 0 Å². The van der Waals surface area contributed by atoms with Crippen LogP contribution < -0.4 is 0 Å². The third-order valence-electron chi connectivity index (χ3n) is 3.75. The number of carbonyl (C=O) groups is 2. The monoisotopic (exact) mass is 326 g/mol. The molecule has 0 aromatic heterocycles. The summed E-state index contributed by atoms with van der Waals surface area (Å²) in [5, 5.41) is 0. The maximum absolute atomic E-state index is 13.1. The van der Waals surface area contributed by atoms with Crippen LogP contribution in [0.5, 0.6) is 0 Å². The number of hydrogen-bond acceptors (Lipinski definition) is 3. The van der Waals surface area contributed by atoms with Gasteiger partial charge in [0, 0.05) is 11.6 Å². The third kappa shape index (κ3) is 4.43. The molecule has 0 saturated heterocycles. The number of esters is 1. The van der Waals surface area contributed by atoms with Crippen molar-refractivity contribution in [1.29, 1.82) is 0 Å². The van der Waals surface area contributed by atoms with Gasteiger partial charge in [0.15, 0.2) is 5.78 Å². The molecule has 1 aliphatic carbocycles. The van der Waals surface area contributed by atoms with Crippen LogP contribution in [0.1, 0.15) is 43.7 Å². The van der Waals surface area contributed by atoms with Crippen molar-refractivity contribution >= 4 is 17.3 Å². The van der Waals surface area contributed by atoms with Crippen LogP contribution in [0.4, 0.5) is 13.2 Å². The smallest absolute Gasteiger partial charge is 0.417 e. The Morgan fingerprint density at radius 3 is 2.35 bits per heavy atom. The zero-order valence-corrected chi connectivity index (χ0v) is 12.7. The molecular weight excluding hydrogens is 309 g/mol. The summed E-state index contributed by atoms with van der Waals surface area (Å²) in [6.07, 6.45) is -0.561. The largest absolute Gasteiger partial charge is 0.459 e. The van der Waals surface area contributed by atoms with E-state index in [0.29, 0.717) is 0 Å². The number of hydrogen-bond donors (Lipinski definition) is 0. The van der Waals surface area contributed by atoms with E-state index in [4.69, 9.17) is 4.74 Å². The number of alkyl halides is 3. The lowest BCUT2D eigenvalue weighted by Gasteiger charge is -2.14. The Balaban J connectivity index is 2.33. The highest BCUT2D eigenvalue weighted by atomic mass is 19.4. The molecule has 1 aliphatic rings. The van der Waals surface area contributed by atoms with Crippen molar-refractivity contribution in [3.8, 4) is 0 Å². The number of ketones is 1. The normalized spacial score (nSPS) is 16.4. The number of carbonyl (C=O) groups excluding carboxylic acids is 2. The van der Waals surface area contributed by atoms with Crippen LogP contribution in [0.15, 0.2) is 30.3 Å². The molecule has 1 fully saturated rings. The van der Waals surface area contributed by atoms with Crippen molar-refractivity contribution in [2.75, 3.05) is 0 Å². The highest BCUT2D eigenvalue weighted by Gasteiger charge is 2.34. The second-order valence-corrected chi connectivity index (χ2v) is 5.50. The standard InChI is InChI=1S/C17H17F3O3/c1-11(21)14(10-16(22)23-12-6-2-3-7-12)13-8-4-5-9-15(13)17(18,19)20/h4-5,8-10,12H,2-3,6-7H2,1H3. The number of ether oxygens (including phenoxy) is 1. The summed E-state index contributed by atoms with van der Waals surface area (Å²) < 4.78 is 44.4. The molecule has 0 spiro atoms. The summed E-state index contributed by atoms with van der Waals surface area (Å²) in [4.78, 5) is 23.7. The zero-order chi connectivity index (χ0) is 17.0. The van der Waals surface area contributed by atoms with Gasteiger partial charge in [0.1, 0.15) is 6.10 Å². The number of benzene rings is 1. The average Bonchev–Trinajstić information content (AvgIpc) is 2.96. The Morgan fingerprint density at radius 1 is 1.17 bits per heavy atom. The van der Waals surface area contributed by atoms with E-state index in [0.717, 1.165) is 44.7 Å². The van der Waals surface area contributed by atoms with Crippen LogP contribution in [-0.4, -0.2) is 17.9 Å². The molecule has 2 rings (SSSR count). The third-order valence-corrected chi connectivity index (χ3v) is 3.75. The summed E-state index contributed by atoms with van der Waals surface area (Å²) in [7, 11) is 0. The maximum Gasteiger partial charge on any atom is 0.417 e. The summed E-state index contributed by atoms with van der Waals surface area (Å²) in [6, 6.07) is 4.69. The highest BCUT2D eigenvalue weighted by molar-refractivity contribution is 6.23. The number of rotatable bonds is 4. The molecule has 0 radical (unpaired) electrons. The molecule has 0 atom stereocenters. The second-order valence-electron chi connectivity index (χ2n) is 5.50. The fraction of sp³-hybridized carbons (Fsp3) is 0.412. The summed E-state index contributed by atoms with van der Waals surface area (Å²) in [6.45, 7) is 1.13. The number of halogens is 3. The molecule has 1 aromatic carbocycles. The molecule has 0 N–H and O–H groups in total. The van der Waals surface area contributed by atoms with E-state index in [1.54, 1.807) is 0 Å². The van der Waals surface area contributed by atoms with E-state index in [2.05, 4.69) is 0 Å². The van der Waals surface area contributed by atoms with E-state index in [9.17, 15) is 22.8 Å². The van der Waals surface area contributed by atoms with Gasteiger partial charge in [-0.25, -0.2) is 4.79 Å². The number of Topliss-reactive ketones (excluding diaryl/α,β-unsaturated/α-hetero) is 1. The Morgan fingerprint density at radius 2 is 1.78 bits per heavy atom. The first kappa shape index (κ1) is 17.2. The van der Waals surface area contributed by atoms with Gasteiger partial charge in [-0.2, -0.15) is 13.2 Å². The topological polar surface area (TPSA) is 43.4 Å². The first-order valence-electron chi connectivity index (χ1n) is 7.39. The fourth-order valence-electron chi connectivity index (χ4n) is 2.66. The molecule has 1 aromatic rings. The van der Waals surface area contributed by atoms with Crippen LogP contribution in [0.2, 0.25) is 0 Å². The van der Waals surface area contributed by atoms with E-state index in [-0.39, 0.29) is 17.2 Å². The molecular formula is C17H17F3O3. The lowest BCUT2D eigenvalue weighted by Crippen LogP contribution is -2.15. The Hall–Kier alpha value is -2.11. The van der Waals surface area contributed by atoms with Gasteiger partial charge in [0.05, 0.1) is 5.56 Å². The Kier molecular flexibility index (Phi) is 5.23. The summed E-state index contributed by atoms with van der Waals surface area (Å²) in [5.41, 5.74) is -1.55. The van der Waals surface area contributed by atoms with E-state index < -0.39 is 23.5 Å². The molecule has 0 amide bonds. The van der Waals surface area contributed by atoms with Crippen molar-refractivity contribution in [3.05, 3.63) is 41.5 Å². The van der Waals surface area contributed by atoms with Crippen molar-refractivity contribution in [2.24, 2.45) is 0 Å². The Bertz CT molecular complexity index is 626. The molecule has 0 heterocycles. The molecule has 124 valence electrons. The molecule has 0 bridgehead atoms. The predicted molar refractivity (Wildman–Crippen MR) is 78.5 cm³/mol. The highest BCUT2D eigenvalue weighted by Crippen LogP contribution is 2.35. The van der Waals surface area contributed by atoms with Crippen molar-refractivity contribution in [1.82, 2.24) is 0 Å². The van der Waals surface area contributed by atoms with Gasteiger partial charge < -0.3 is 4.74 Å². The average molecular weight is 326 g/mol. The maximum atomic E-state index is 13.1. The Labute approximate surface area is 132 Å². The van der Waals surface area contributed by atoms with Gasteiger partial charge in [-0.1, -0.05) is 18.2 Å². The minimum atomic E-state index is -4.61. The predicted octanol–water partition coefficient (Wildman–Crippen LogP) is 4.16. The second kappa shape index (κ2) is 6.98. The zero-order valence-electron chi connectivity index (χ0n) is 12.7. The van der Waals surface area contributed by atoms with Gasteiger partial charge in [-0.3, -0.25) is 4.79 Å². The minimum Gasteiger partial charge on any atom is -0.459 e. The van der Waals surface area contributed by atoms with Crippen LogP contribution in [-0.2, 0) is 20.5 Å². The van der Waals surface area contributed by atoms with Gasteiger partial charge in [-0.05, 0) is 44.2 Å². The quantitative estimate of drug-likeness (QED) is 0.616. The molecule has 3 nitrogen and oxygen atoms in total.